The van der Waals surface area contributed by atoms with Gasteiger partial charge in [0.1, 0.15) is 11.9 Å². The van der Waals surface area contributed by atoms with Crippen molar-refractivity contribution in [3.05, 3.63) is 66.0 Å². The standard InChI is InChI=1S/C19H16F3N3O/c20-16-2-1-11-9-23-6-5-14(11)15(16)10-24-12-7-13(8-12)26-17-3-4-18(21)25-19(17)22/h1-6,9,12-13,24H,7-8,10H2/t12-,13-. The molecule has 3 aromatic rings. The van der Waals surface area contributed by atoms with E-state index in [0.29, 0.717) is 24.9 Å². The summed E-state index contributed by atoms with van der Waals surface area (Å²) in [7, 11) is 0. The normalized spacial score (nSPS) is 19.3. The first kappa shape index (κ1) is 16.8. The molecular formula is C19H16F3N3O. The molecule has 1 fully saturated rings. The Morgan fingerprint density at radius 3 is 2.73 bits per heavy atom. The Hall–Kier alpha value is -2.67. The first-order valence-electron chi connectivity index (χ1n) is 8.33. The number of pyridine rings is 2. The first-order valence-corrected chi connectivity index (χ1v) is 8.33. The van der Waals surface area contributed by atoms with Gasteiger partial charge in [-0.2, -0.15) is 13.8 Å². The summed E-state index contributed by atoms with van der Waals surface area (Å²) >= 11 is 0. The molecule has 0 aliphatic heterocycles. The van der Waals surface area contributed by atoms with Crippen LogP contribution in [0.15, 0.2) is 42.7 Å². The van der Waals surface area contributed by atoms with E-state index in [1.807, 2.05) is 0 Å². The molecule has 2 aromatic heterocycles. The molecule has 1 aromatic carbocycles. The summed E-state index contributed by atoms with van der Waals surface area (Å²) in [4.78, 5) is 7.15. The van der Waals surface area contributed by atoms with Gasteiger partial charge in [0.15, 0.2) is 5.75 Å². The van der Waals surface area contributed by atoms with E-state index in [9.17, 15) is 13.2 Å². The van der Waals surface area contributed by atoms with Crippen LogP contribution < -0.4 is 10.1 Å². The minimum absolute atomic E-state index is 0.0533. The summed E-state index contributed by atoms with van der Waals surface area (Å²) in [5.74, 6) is -2.15. The van der Waals surface area contributed by atoms with E-state index >= 15 is 0 Å². The second-order valence-corrected chi connectivity index (χ2v) is 6.33. The number of nitrogens with one attached hydrogen (secondary N) is 1. The predicted octanol–water partition coefficient (Wildman–Crippen LogP) is 3.75. The zero-order valence-corrected chi connectivity index (χ0v) is 13.8. The van der Waals surface area contributed by atoms with Gasteiger partial charge in [-0.25, -0.2) is 4.39 Å². The number of benzene rings is 1. The maximum absolute atomic E-state index is 14.2. The molecule has 0 bridgehead atoms. The van der Waals surface area contributed by atoms with Gasteiger partial charge in [0.05, 0.1) is 0 Å². The number of aromatic nitrogens is 2. The summed E-state index contributed by atoms with van der Waals surface area (Å²) in [6, 6.07) is 7.39. The van der Waals surface area contributed by atoms with Gasteiger partial charge in [-0.05, 0) is 48.6 Å². The van der Waals surface area contributed by atoms with Gasteiger partial charge >= 0.3 is 0 Å². The number of fused-ring (bicyclic) bond motifs is 1. The monoisotopic (exact) mass is 359 g/mol. The molecule has 0 atom stereocenters. The number of ether oxygens (including phenoxy) is 1. The molecule has 0 saturated heterocycles. The van der Waals surface area contributed by atoms with Crippen LogP contribution in [0.4, 0.5) is 13.2 Å². The molecule has 4 rings (SSSR count). The number of halogens is 3. The molecule has 1 aliphatic carbocycles. The quantitative estimate of drug-likeness (QED) is 0.705. The number of hydrogen-bond donors (Lipinski definition) is 1. The molecule has 0 spiro atoms. The maximum Gasteiger partial charge on any atom is 0.257 e. The summed E-state index contributed by atoms with van der Waals surface area (Å²) in [5, 5.41) is 5.02. The van der Waals surface area contributed by atoms with Crippen LogP contribution in [0.2, 0.25) is 0 Å². The Morgan fingerprint density at radius 1 is 1.08 bits per heavy atom. The molecule has 0 radical (unpaired) electrons. The number of rotatable bonds is 5. The van der Waals surface area contributed by atoms with Crippen molar-refractivity contribution in [3.63, 3.8) is 0 Å². The van der Waals surface area contributed by atoms with Crippen molar-refractivity contribution >= 4 is 10.8 Å². The fraction of sp³-hybridized carbons (Fsp3) is 0.263. The topological polar surface area (TPSA) is 47.0 Å². The Balaban J connectivity index is 1.35. The molecule has 2 heterocycles. The zero-order valence-electron chi connectivity index (χ0n) is 13.8. The van der Waals surface area contributed by atoms with E-state index in [2.05, 4.69) is 15.3 Å². The van der Waals surface area contributed by atoms with Gasteiger partial charge in [-0.15, -0.1) is 0 Å². The minimum atomic E-state index is -0.951. The highest BCUT2D eigenvalue weighted by Crippen LogP contribution is 2.28. The van der Waals surface area contributed by atoms with Crippen molar-refractivity contribution in [1.82, 2.24) is 15.3 Å². The highest BCUT2D eigenvalue weighted by Gasteiger charge is 2.31. The van der Waals surface area contributed by atoms with E-state index in [0.717, 1.165) is 16.8 Å². The third-order valence-corrected chi connectivity index (χ3v) is 4.61. The zero-order chi connectivity index (χ0) is 18.1. The van der Waals surface area contributed by atoms with E-state index in [-0.39, 0.29) is 23.7 Å². The van der Waals surface area contributed by atoms with Gasteiger partial charge in [0.25, 0.3) is 5.95 Å². The lowest BCUT2D eigenvalue weighted by Crippen LogP contribution is -2.46. The molecule has 4 nitrogen and oxygen atoms in total. The van der Waals surface area contributed by atoms with Gasteiger partial charge in [0.2, 0.25) is 5.95 Å². The van der Waals surface area contributed by atoms with Crippen molar-refractivity contribution in [1.29, 1.82) is 0 Å². The largest absolute Gasteiger partial charge is 0.486 e. The van der Waals surface area contributed by atoms with Crippen molar-refractivity contribution in [2.75, 3.05) is 0 Å². The SMILES string of the molecule is Fc1ccc(O[C@H]2C[C@H](NCc3c(F)ccc4cnccc34)C2)c(F)n1. The second kappa shape index (κ2) is 6.92. The minimum Gasteiger partial charge on any atom is -0.486 e. The molecule has 7 heteroatoms. The Bertz CT molecular complexity index is 944. The van der Waals surface area contributed by atoms with Gasteiger partial charge < -0.3 is 10.1 Å². The van der Waals surface area contributed by atoms with Crippen LogP contribution in [0.3, 0.4) is 0 Å². The maximum atomic E-state index is 14.2. The number of hydrogen-bond acceptors (Lipinski definition) is 4. The third kappa shape index (κ3) is 3.35. The van der Waals surface area contributed by atoms with Crippen molar-refractivity contribution in [2.24, 2.45) is 0 Å². The molecular weight excluding hydrogens is 343 g/mol. The molecule has 1 aliphatic rings. The fourth-order valence-corrected chi connectivity index (χ4v) is 3.13. The van der Waals surface area contributed by atoms with Crippen LogP contribution in [0.25, 0.3) is 10.8 Å². The van der Waals surface area contributed by atoms with E-state index in [1.54, 1.807) is 24.5 Å². The highest BCUT2D eigenvalue weighted by atomic mass is 19.1. The Morgan fingerprint density at radius 2 is 1.92 bits per heavy atom. The molecule has 26 heavy (non-hydrogen) atoms. The van der Waals surface area contributed by atoms with E-state index in [1.165, 1.54) is 12.1 Å². The fourth-order valence-electron chi connectivity index (χ4n) is 3.13. The Labute approximate surface area is 148 Å². The molecule has 1 N–H and O–H groups in total. The van der Waals surface area contributed by atoms with Gasteiger partial charge in [0, 0.05) is 35.9 Å². The Kier molecular flexibility index (Phi) is 4.46. The highest BCUT2D eigenvalue weighted by molar-refractivity contribution is 5.84. The van der Waals surface area contributed by atoms with Crippen LogP contribution in [-0.4, -0.2) is 22.1 Å². The van der Waals surface area contributed by atoms with Crippen molar-refractivity contribution < 1.29 is 17.9 Å². The molecule has 0 unspecified atom stereocenters. The average Bonchev–Trinajstić information content (AvgIpc) is 2.60. The summed E-state index contributed by atoms with van der Waals surface area (Å²) in [5.41, 5.74) is 0.600. The van der Waals surface area contributed by atoms with Crippen LogP contribution in [0, 0.1) is 17.7 Å². The smallest absolute Gasteiger partial charge is 0.257 e. The number of nitrogens with zero attached hydrogens (tertiary/aromatic N) is 2. The van der Waals surface area contributed by atoms with Crippen molar-refractivity contribution in [2.45, 2.75) is 31.5 Å². The molecule has 134 valence electrons. The summed E-state index contributed by atoms with van der Waals surface area (Å²) in [6.45, 7) is 0.386. The summed E-state index contributed by atoms with van der Waals surface area (Å²) in [6.07, 6.45) is 4.49. The summed E-state index contributed by atoms with van der Waals surface area (Å²) < 4.78 is 45.9. The lowest BCUT2D eigenvalue weighted by molar-refractivity contribution is 0.0790. The van der Waals surface area contributed by atoms with E-state index < -0.39 is 11.9 Å². The van der Waals surface area contributed by atoms with Gasteiger partial charge in [-0.3, -0.25) is 4.98 Å². The predicted molar refractivity (Wildman–Crippen MR) is 90.1 cm³/mol. The van der Waals surface area contributed by atoms with Crippen LogP contribution in [-0.2, 0) is 6.54 Å². The first-order chi connectivity index (χ1) is 12.6. The van der Waals surface area contributed by atoms with Crippen LogP contribution in [0.1, 0.15) is 18.4 Å². The molecule has 0 amide bonds. The van der Waals surface area contributed by atoms with Gasteiger partial charge in [-0.1, -0.05) is 0 Å². The molecule has 1 saturated carbocycles. The third-order valence-electron chi connectivity index (χ3n) is 4.61. The van der Waals surface area contributed by atoms with E-state index in [4.69, 9.17) is 4.74 Å². The lowest BCUT2D eigenvalue weighted by Gasteiger charge is -2.36. The second-order valence-electron chi connectivity index (χ2n) is 6.33. The van der Waals surface area contributed by atoms with Crippen LogP contribution >= 0.6 is 0 Å². The van der Waals surface area contributed by atoms with Crippen molar-refractivity contribution in [3.8, 4) is 5.75 Å². The lowest BCUT2D eigenvalue weighted by atomic mass is 9.89. The average molecular weight is 359 g/mol. The van der Waals surface area contributed by atoms with Crippen LogP contribution in [0.5, 0.6) is 5.75 Å².